The van der Waals surface area contributed by atoms with E-state index in [2.05, 4.69) is 0 Å². The summed E-state index contributed by atoms with van der Waals surface area (Å²) in [7, 11) is 0. The van der Waals surface area contributed by atoms with Crippen molar-refractivity contribution >= 4 is 29.1 Å². The lowest BCUT2D eigenvalue weighted by Crippen LogP contribution is -2.51. The molecule has 1 aliphatic carbocycles. The minimum absolute atomic E-state index is 0.103. The van der Waals surface area contributed by atoms with E-state index in [1.54, 1.807) is 42.5 Å². The van der Waals surface area contributed by atoms with Gasteiger partial charge in [-0.2, -0.15) is 0 Å². The maximum atomic E-state index is 14.6. The van der Waals surface area contributed by atoms with Gasteiger partial charge in [-0.25, -0.2) is 13.7 Å². The predicted octanol–water partition coefficient (Wildman–Crippen LogP) is 3.66. The van der Waals surface area contributed by atoms with Gasteiger partial charge in [0.25, 0.3) is 0 Å². The molecular formula is C26H15F2NO5. The molecule has 3 atom stereocenters. The van der Waals surface area contributed by atoms with Gasteiger partial charge in [0.2, 0.25) is 29.0 Å². The van der Waals surface area contributed by atoms with Gasteiger partial charge in [0, 0.05) is 17.2 Å². The van der Waals surface area contributed by atoms with E-state index in [1.165, 1.54) is 12.1 Å². The zero-order valence-corrected chi connectivity index (χ0v) is 17.4. The first-order valence-electron chi connectivity index (χ1n) is 10.6. The van der Waals surface area contributed by atoms with Gasteiger partial charge in [-0.1, -0.05) is 54.6 Å². The van der Waals surface area contributed by atoms with Crippen LogP contribution in [0.5, 0.6) is 0 Å². The molecule has 0 aromatic heterocycles. The highest BCUT2D eigenvalue weighted by Gasteiger charge is 2.74. The SMILES string of the molecule is O=C1[C@@H]2[C@@H](c3ccccc3)OC3(C(=O)c4ccccc4C3=O)[C@@H]2C(=O)N1c1ccc(F)cc1F. The first kappa shape index (κ1) is 20.6. The molecule has 0 N–H and O–H groups in total. The van der Waals surface area contributed by atoms with Crippen molar-refractivity contribution in [1.29, 1.82) is 0 Å². The Morgan fingerprint density at radius 2 is 1.38 bits per heavy atom. The number of hydrogen-bond acceptors (Lipinski definition) is 5. The molecule has 2 saturated heterocycles. The van der Waals surface area contributed by atoms with Crippen LogP contribution in [-0.2, 0) is 14.3 Å². The van der Waals surface area contributed by atoms with E-state index < -0.39 is 64.2 Å². The van der Waals surface area contributed by atoms with E-state index in [-0.39, 0.29) is 11.1 Å². The third-order valence-electron chi connectivity index (χ3n) is 6.80. The third kappa shape index (κ3) is 2.46. The molecule has 8 heteroatoms. The molecule has 0 saturated carbocycles. The Balaban J connectivity index is 1.56. The normalized spacial score (nSPS) is 24.8. The van der Waals surface area contributed by atoms with E-state index in [4.69, 9.17) is 4.74 Å². The second-order valence-electron chi connectivity index (χ2n) is 8.50. The first-order chi connectivity index (χ1) is 16.4. The maximum absolute atomic E-state index is 14.6. The van der Waals surface area contributed by atoms with Gasteiger partial charge >= 0.3 is 0 Å². The van der Waals surface area contributed by atoms with Gasteiger partial charge < -0.3 is 4.74 Å². The number of amides is 2. The van der Waals surface area contributed by atoms with E-state index in [0.717, 1.165) is 12.1 Å². The number of rotatable bonds is 2. The minimum Gasteiger partial charge on any atom is -0.349 e. The number of carbonyl (C=O) groups excluding carboxylic acids is 4. The molecular weight excluding hydrogens is 444 g/mol. The summed E-state index contributed by atoms with van der Waals surface area (Å²) < 4.78 is 34.3. The molecule has 3 aromatic carbocycles. The number of carbonyl (C=O) groups is 4. The Morgan fingerprint density at radius 1 is 0.765 bits per heavy atom. The number of ether oxygens (including phenoxy) is 1. The van der Waals surface area contributed by atoms with Crippen LogP contribution in [0, 0.1) is 23.5 Å². The van der Waals surface area contributed by atoms with Crippen molar-refractivity contribution in [2.45, 2.75) is 11.7 Å². The number of nitrogens with zero attached hydrogens (tertiary/aromatic N) is 1. The quantitative estimate of drug-likeness (QED) is 0.432. The standard InChI is InChI=1S/C26H15F2NO5/c27-14-10-11-18(17(28)12-14)29-24(32)19-20(25(29)33)26(34-21(19)13-6-2-1-3-7-13)22(30)15-8-4-5-9-16(15)23(26)31/h1-12,19-21H/t19-,20-,21+/m0/s1. The lowest BCUT2D eigenvalue weighted by molar-refractivity contribution is -0.127. The molecule has 168 valence electrons. The number of hydrogen-bond donors (Lipinski definition) is 0. The molecule has 0 radical (unpaired) electrons. The van der Waals surface area contributed by atoms with Gasteiger partial charge in [0.15, 0.2) is 0 Å². The summed E-state index contributed by atoms with van der Waals surface area (Å²) >= 11 is 0. The number of Topliss-reactive ketones (excluding diaryl/α,β-unsaturated/α-hetero) is 2. The van der Waals surface area contributed by atoms with Crippen LogP contribution in [0.4, 0.5) is 14.5 Å². The maximum Gasteiger partial charge on any atom is 0.241 e. The van der Waals surface area contributed by atoms with Gasteiger partial charge in [0.05, 0.1) is 23.6 Å². The molecule has 2 amide bonds. The Labute approximate surface area is 191 Å². The zero-order valence-electron chi connectivity index (χ0n) is 17.4. The molecule has 2 aliphatic heterocycles. The predicted molar refractivity (Wildman–Crippen MR) is 114 cm³/mol. The Hall–Kier alpha value is -4.04. The van der Waals surface area contributed by atoms with Crippen LogP contribution in [0.3, 0.4) is 0 Å². The summed E-state index contributed by atoms with van der Waals surface area (Å²) in [5.41, 5.74) is -1.98. The molecule has 6 nitrogen and oxygen atoms in total. The molecule has 6 rings (SSSR count). The lowest BCUT2D eigenvalue weighted by atomic mass is 9.77. The van der Waals surface area contributed by atoms with E-state index in [1.807, 2.05) is 0 Å². The number of halogens is 2. The largest absolute Gasteiger partial charge is 0.349 e. The van der Waals surface area contributed by atoms with Crippen molar-refractivity contribution < 1.29 is 32.7 Å². The average molecular weight is 459 g/mol. The average Bonchev–Trinajstić information content (AvgIpc) is 3.40. The van der Waals surface area contributed by atoms with Crippen LogP contribution in [0.1, 0.15) is 32.4 Å². The van der Waals surface area contributed by atoms with Crippen molar-refractivity contribution in [3.05, 3.63) is 101 Å². The van der Waals surface area contributed by atoms with Crippen LogP contribution in [-0.4, -0.2) is 29.0 Å². The fourth-order valence-corrected chi connectivity index (χ4v) is 5.36. The highest BCUT2D eigenvalue weighted by molar-refractivity contribution is 6.37. The topological polar surface area (TPSA) is 80.8 Å². The van der Waals surface area contributed by atoms with Gasteiger partial charge in [-0.3, -0.25) is 19.2 Å². The summed E-state index contributed by atoms with van der Waals surface area (Å²) in [5.74, 6) is -7.90. The molecule has 3 aromatic rings. The second-order valence-corrected chi connectivity index (χ2v) is 8.50. The third-order valence-corrected chi connectivity index (χ3v) is 6.80. The summed E-state index contributed by atoms with van der Waals surface area (Å²) in [4.78, 5) is 55.1. The van der Waals surface area contributed by atoms with Crippen LogP contribution in [0.25, 0.3) is 0 Å². The molecule has 3 aliphatic rings. The fraction of sp³-hybridized carbons (Fsp3) is 0.154. The fourth-order valence-electron chi connectivity index (χ4n) is 5.36. The summed E-state index contributed by atoms with van der Waals surface area (Å²) in [6, 6.07) is 17.1. The Bertz CT molecular complexity index is 1380. The molecule has 2 fully saturated rings. The smallest absolute Gasteiger partial charge is 0.241 e. The van der Waals surface area contributed by atoms with Crippen LogP contribution < -0.4 is 4.90 Å². The molecule has 0 unspecified atom stereocenters. The van der Waals surface area contributed by atoms with Crippen molar-refractivity contribution in [2.24, 2.45) is 11.8 Å². The van der Waals surface area contributed by atoms with Crippen molar-refractivity contribution in [1.82, 2.24) is 0 Å². The number of anilines is 1. The first-order valence-corrected chi connectivity index (χ1v) is 10.6. The van der Waals surface area contributed by atoms with Gasteiger partial charge in [-0.15, -0.1) is 0 Å². The zero-order chi connectivity index (χ0) is 23.8. The number of imide groups is 1. The van der Waals surface area contributed by atoms with Crippen LogP contribution in [0.15, 0.2) is 72.8 Å². The minimum atomic E-state index is -2.24. The summed E-state index contributed by atoms with van der Waals surface area (Å²) in [6.45, 7) is 0. The van der Waals surface area contributed by atoms with Gasteiger partial charge in [0.1, 0.15) is 11.6 Å². The number of ketones is 2. The molecule has 34 heavy (non-hydrogen) atoms. The van der Waals surface area contributed by atoms with Crippen molar-refractivity contribution in [3.8, 4) is 0 Å². The summed E-state index contributed by atoms with van der Waals surface area (Å²) in [5, 5.41) is 0. The van der Waals surface area contributed by atoms with E-state index in [0.29, 0.717) is 16.5 Å². The van der Waals surface area contributed by atoms with Crippen molar-refractivity contribution in [3.63, 3.8) is 0 Å². The number of fused-ring (bicyclic) bond motifs is 3. The second kappa shape index (κ2) is 6.98. The highest BCUT2D eigenvalue weighted by atomic mass is 19.1. The lowest BCUT2D eigenvalue weighted by Gasteiger charge is -2.27. The highest BCUT2D eigenvalue weighted by Crippen LogP contribution is 2.57. The summed E-state index contributed by atoms with van der Waals surface area (Å²) in [6.07, 6.45) is -1.10. The van der Waals surface area contributed by atoms with Crippen LogP contribution >= 0.6 is 0 Å². The molecule has 2 heterocycles. The molecule has 1 spiro atoms. The molecule has 0 bridgehead atoms. The van der Waals surface area contributed by atoms with E-state index >= 15 is 0 Å². The number of benzene rings is 3. The van der Waals surface area contributed by atoms with Gasteiger partial charge in [-0.05, 0) is 17.7 Å². The monoisotopic (exact) mass is 459 g/mol. The van der Waals surface area contributed by atoms with E-state index in [9.17, 15) is 28.0 Å². The van der Waals surface area contributed by atoms with Crippen LogP contribution in [0.2, 0.25) is 0 Å². The van der Waals surface area contributed by atoms with Crippen molar-refractivity contribution in [2.75, 3.05) is 4.90 Å². The Kier molecular flexibility index (Phi) is 4.22. The Morgan fingerprint density at radius 3 is 2.00 bits per heavy atom.